The van der Waals surface area contributed by atoms with Gasteiger partial charge in [0.2, 0.25) is 0 Å². The molecule has 1 fully saturated rings. The summed E-state index contributed by atoms with van der Waals surface area (Å²) in [6.07, 6.45) is 4.17. The second-order valence-electron chi connectivity index (χ2n) is 6.52. The lowest BCUT2D eigenvalue weighted by Crippen LogP contribution is -2.31. The van der Waals surface area contributed by atoms with E-state index < -0.39 is 0 Å². The van der Waals surface area contributed by atoms with E-state index in [9.17, 15) is 5.11 Å². The van der Waals surface area contributed by atoms with E-state index in [-0.39, 0.29) is 12.1 Å². The van der Waals surface area contributed by atoms with E-state index in [0.29, 0.717) is 5.92 Å². The lowest BCUT2D eigenvalue weighted by Gasteiger charge is -2.27. The van der Waals surface area contributed by atoms with Crippen LogP contribution in [0.5, 0.6) is 0 Å². The molecule has 2 aromatic rings. The summed E-state index contributed by atoms with van der Waals surface area (Å²) in [7, 11) is 0. The van der Waals surface area contributed by atoms with E-state index >= 15 is 0 Å². The highest BCUT2D eigenvalue weighted by molar-refractivity contribution is 5.76. The molecule has 22 heavy (non-hydrogen) atoms. The summed E-state index contributed by atoms with van der Waals surface area (Å²) in [4.78, 5) is 4.81. The Labute approximate surface area is 132 Å². The predicted molar refractivity (Wildman–Crippen MR) is 89.8 cm³/mol. The van der Waals surface area contributed by atoms with Crippen LogP contribution in [0.15, 0.2) is 24.3 Å². The van der Waals surface area contributed by atoms with Crippen LogP contribution in [-0.2, 0) is 6.54 Å². The number of aromatic nitrogens is 2. The minimum atomic E-state index is -0.101. The molecule has 0 radical (unpaired) electrons. The minimum Gasteiger partial charge on any atom is -0.393 e. The largest absolute Gasteiger partial charge is 0.393 e. The molecule has 4 heteroatoms. The van der Waals surface area contributed by atoms with Crippen molar-refractivity contribution < 1.29 is 5.11 Å². The number of hydrogen-bond acceptors (Lipinski definition) is 3. The molecule has 3 atom stereocenters. The standard InChI is InChI=1S/C18H27N3O/c1-3-21-17-10-5-4-9-16(17)20-18(21)13(2)19-12-14-7-6-8-15(22)11-14/h4-5,9-10,13-15,19,22H,3,6-8,11-12H2,1-2H3. The molecule has 0 spiro atoms. The molecule has 1 aromatic carbocycles. The maximum atomic E-state index is 9.80. The third-order valence-corrected chi connectivity index (χ3v) is 4.86. The fourth-order valence-electron chi connectivity index (χ4n) is 3.64. The molecule has 3 unspecified atom stereocenters. The molecular formula is C18H27N3O. The second-order valence-corrected chi connectivity index (χ2v) is 6.52. The Hall–Kier alpha value is -1.39. The van der Waals surface area contributed by atoms with E-state index in [1.54, 1.807) is 0 Å². The van der Waals surface area contributed by atoms with Gasteiger partial charge >= 0.3 is 0 Å². The van der Waals surface area contributed by atoms with Crippen molar-refractivity contribution in [3.63, 3.8) is 0 Å². The number of aliphatic hydroxyl groups excluding tert-OH is 1. The molecule has 1 saturated carbocycles. The molecule has 0 saturated heterocycles. The minimum absolute atomic E-state index is 0.101. The molecule has 2 N–H and O–H groups in total. The molecular weight excluding hydrogens is 274 g/mol. The number of fused-ring (bicyclic) bond motifs is 1. The molecule has 1 heterocycles. The molecule has 1 aromatic heterocycles. The number of imidazole rings is 1. The van der Waals surface area contributed by atoms with Gasteiger partial charge in [-0.2, -0.15) is 0 Å². The van der Waals surface area contributed by atoms with Gasteiger partial charge in [-0.25, -0.2) is 4.98 Å². The van der Waals surface area contributed by atoms with Gasteiger partial charge in [-0.3, -0.25) is 0 Å². The van der Waals surface area contributed by atoms with Crippen LogP contribution in [-0.4, -0.2) is 27.3 Å². The zero-order chi connectivity index (χ0) is 15.5. The van der Waals surface area contributed by atoms with E-state index in [0.717, 1.165) is 43.7 Å². The monoisotopic (exact) mass is 301 g/mol. The Bertz CT molecular complexity index is 622. The number of nitrogens with zero attached hydrogens (tertiary/aromatic N) is 2. The highest BCUT2D eigenvalue weighted by atomic mass is 16.3. The maximum Gasteiger partial charge on any atom is 0.126 e. The second kappa shape index (κ2) is 6.80. The third kappa shape index (κ3) is 3.18. The number of benzene rings is 1. The normalized spacial score (nSPS) is 23.8. The van der Waals surface area contributed by atoms with Crippen molar-refractivity contribution in [2.24, 2.45) is 5.92 Å². The van der Waals surface area contributed by atoms with Crippen molar-refractivity contribution in [3.05, 3.63) is 30.1 Å². The maximum absolute atomic E-state index is 9.80. The third-order valence-electron chi connectivity index (χ3n) is 4.86. The van der Waals surface area contributed by atoms with E-state index in [1.807, 2.05) is 6.07 Å². The van der Waals surface area contributed by atoms with E-state index in [2.05, 4.69) is 41.9 Å². The number of aliphatic hydroxyl groups is 1. The Morgan fingerprint density at radius 3 is 2.95 bits per heavy atom. The number of para-hydroxylation sites is 2. The summed E-state index contributed by atoms with van der Waals surface area (Å²) in [5, 5.41) is 13.4. The van der Waals surface area contributed by atoms with Gasteiger partial charge < -0.3 is 15.0 Å². The van der Waals surface area contributed by atoms with Gasteiger partial charge in [0, 0.05) is 6.54 Å². The number of aryl methyl sites for hydroxylation is 1. The first-order chi connectivity index (χ1) is 10.7. The van der Waals surface area contributed by atoms with Crippen molar-refractivity contribution in [2.75, 3.05) is 6.54 Å². The topological polar surface area (TPSA) is 50.1 Å². The smallest absolute Gasteiger partial charge is 0.126 e. The first-order valence-electron chi connectivity index (χ1n) is 8.55. The Kier molecular flexibility index (Phi) is 4.79. The molecule has 120 valence electrons. The van der Waals surface area contributed by atoms with Crippen molar-refractivity contribution in [1.82, 2.24) is 14.9 Å². The average molecular weight is 301 g/mol. The zero-order valence-corrected chi connectivity index (χ0v) is 13.6. The molecule has 3 rings (SSSR count). The van der Waals surface area contributed by atoms with Gasteiger partial charge in [0.1, 0.15) is 5.82 Å². The fourth-order valence-corrected chi connectivity index (χ4v) is 3.64. The van der Waals surface area contributed by atoms with Gasteiger partial charge in [0.25, 0.3) is 0 Å². The van der Waals surface area contributed by atoms with Crippen LogP contribution in [0, 0.1) is 5.92 Å². The number of rotatable bonds is 5. The van der Waals surface area contributed by atoms with Crippen LogP contribution in [0.25, 0.3) is 11.0 Å². The average Bonchev–Trinajstić information content (AvgIpc) is 2.91. The Morgan fingerprint density at radius 1 is 1.36 bits per heavy atom. The zero-order valence-electron chi connectivity index (χ0n) is 13.6. The molecule has 0 aliphatic heterocycles. The summed E-state index contributed by atoms with van der Waals surface area (Å²) in [6, 6.07) is 8.56. The molecule has 0 amide bonds. The summed E-state index contributed by atoms with van der Waals surface area (Å²) in [5.41, 5.74) is 2.28. The van der Waals surface area contributed by atoms with Crippen molar-refractivity contribution in [2.45, 2.75) is 58.2 Å². The fraction of sp³-hybridized carbons (Fsp3) is 0.611. The first-order valence-corrected chi connectivity index (χ1v) is 8.55. The SMILES string of the molecule is CCn1c(C(C)NCC2CCCC(O)C2)nc2ccccc21. The lowest BCUT2D eigenvalue weighted by molar-refractivity contribution is 0.0997. The van der Waals surface area contributed by atoms with Gasteiger partial charge in [-0.15, -0.1) is 0 Å². The lowest BCUT2D eigenvalue weighted by atomic mass is 9.87. The van der Waals surface area contributed by atoms with Crippen molar-refractivity contribution >= 4 is 11.0 Å². The van der Waals surface area contributed by atoms with Gasteiger partial charge in [0.15, 0.2) is 0 Å². The highest BCUT2D eigenvalue weighted by Gasteiger charge is 2.22. The number of hydrogen-bond donors (Lipinski definition) is 2. The molecule has 0 bridgehead atoms. The summed E-state index contributed by atoms with van der Waals surface area (Å²) < 4.78 is 2.29. The van der Waals surface area contributed by atoms with Crippen LogP contribution in [0.1, 0.15) is 51.4 Å². The number of nitrogens with one attached hydrogen (secondary N) is 1. The van der Waals surface area contributed by atoms with Crippen molar-refractivity contribution in [1.29, 1.82) is 0 Å². The van der Waals surface area contributed by atoms with Gasteiger partial charge in [-0.05, 0) is 57.7 Å². The molecule has 1 aliphatic rings. The van der Waals surface area contributed by atoms with E-state index in [4.69, 9.17) is 4.98 Å². The van der Waals surface area contributed by atoms with E-state index in [1.165, 1.54) is 11.9 Å². The van der Waals surface area contributed by atoms with Crippen molar-refractivity contribution in [3.8, 4) is 0 Å². The first kappa shape index (κ1) is 15.5. The molecule has 1 aliphatic carbocycles. The van der Waals surface area contributed by atoms with Crippen LogP contribution < -0.4 is 5.32 Å². The van der Waals surface area contributed by atoms with Gasteiger partial charge in [0.05, 0.1) is 23.2 Å². The quantitative estimate of drug-likeness (QED) is 0.891. The Morgan fingerprint density at radius 2 is 2.18 bits per heavy atom. The summed E-state index contributed by atoms with van der Waals surface area (Å²) >= 11 is 0. The predicted octanol–water partition coefficient (Wildman–Crippen LogP) is 3.26. The van der Waals surface area contributed by atoms with Crippen LogP contribution in [0.4, 0.5) is 0 Å². The highest BCUT2D eigenvalue weighted by Crippen LogP contribution is 2.25. The van der Waals surface area contributed by atoms with Gasteiger partial charge in [-0.1, -0.05) is 18.6 Å². The summed E-state index contributed by atoms with van der Waals surface area (Å²) in [5.74, 6) is 1.70. The Balaban J connectivity index is 1.70. The van der Waals surface area contributed by atoms with Crippen LogP contribution in [0.2, 0.25) is 0 Å². The summed E-state index contributed by atoms with van der Waals surface area (Å²) in [6.45, 7) is 6.25. The van der Waals surface area contributed by atoms with Crippen LogP contribution >= 0.6 is 0 Å². The molecule has 4 nitrogen and oxygen atoms in total. The van der Waals surface area contributed by atoms with Crippen LogP contribution in [0.3, 0.4) is 0 Å².